The molecule has 2 N–H and O–H groups in total. The van der Waals surface area contributed by atoms with Crippen LogP contribution < -0.4 is 10.3 Å². The fourth-order valence-corrected chi connectivity index (χ4v) is 3.38. The zero-order chi connectivity index (χ0) is 18.0. The molecule has 126 valence electrons. The SMILES string of the molecule is Cn1cc(C(=O)NNS(=O)(=O)c2cccc(C#N)c2)c2ccccc21. The Bertz CT molecular complexity index is 1110. The molecule has 2 aromatic carbocycles. The van der Waals surface area contributed by atoms with Gasteiger partial charge in [0.1, 0.15) is 0 Å². The predicted octanol–water partition coefficient (Wildman–Crippen LogP) is 1.67. The number of aromatic nitrogens is 1. The molecule has 0 saturated heterocycles. The largest absolute Gasteiger partial charge is 0.350 e. The van der Waals surface area contributed by atoms with Gasteiger partial charge in [0.15, 0.2) is 0 Å². The van der Waals surface area contributed by atoms with Crippen molar-refractivity contribution in [3.8, 4) is 6.07 Å². The van der Waals surface area contributed by atoms with Gasteiger partial charge in [0.2, 0.25) is 0 Å². The molecule has 0 bridgehead atoms. The fraction of sp³-hybridized carbons (Fsp3) is 0.0588. The van der Waals surface area contributed by atoms with Gasteiger partial charge < -0.3 is 4.57 Å². The third kappa shape index (κ3) is 3.24. The molecule has 25 heavy (non-hydrogen) atoms. The number of aryl methyl sites for hydroxylation is 1. The quantitative estimate of drug-likeness (QED) is 0.696. The van der Waals surface area contributed by atoms with E-state index in [-0.39, 0.29) is 10.5 Å². The van der Waals surface area contributed by atoms with Crippen molar-refractivity contribution < 1.29 is 13.2 Å². The first-order valence-electron chi connectivity index (χ1n) is 7.29. The van der Waals surface area contributed by atoms with Crippen LogP contribution in [-0.4, -0.2) is 18.9 Å². The Morgan fingerprint density at radius 3 is 2.68 bits per heavy atom. The highest BCUT2D eigenvalue weighted by Gasteiger charge is 2.18. The van der Waals surface area contributed by atoms with E-state index in [1.807, 2.05) is 18.2 Å². The zero-order valence-corrected chi connectivity index (χ0v) is 14.0. The third-order valence-corrected chi connectivity index (χ3v) is 4.96. The third-order valence-electron chi connectivity index (χ3n) is 3.71. The fourth-order valence-electron chi connectivity index (χ4n) is 2.50. The number of carbonyl (C=O) groups excluding carboxylic acids is 1. The first-order valence-corrected chi connectivity index (χ1v) is 8.77. The minimum atomic E-state index is -3.98. The van der Waals surface area contributed by atoms with Gasteiger partial charge in [-0.05, 0) is 24.3 Å². The van der Waals surface area contributed by atoms with Crippen molar-refractivity contribution in [3.63, 3.8) is 0 Å². The first-order chi connectivity index (χ1) is 11.9. The zero-order valence-electron chi connectivity index (χ0n) is 13.2. The molecule has 1 amide bonds. The topological polar surface area (TPSA) is 104 Å². The highest BCUT2D eigenvalue weighted by atomic mass is 32.2. The maximum absolute atomic E-state index is 12.4. The second-order valence-corrected chi connectivity index (χ2v) is 7.05. The number of hydrogen-bond acceptors (Lipinski definition) is 4. The van der Waals surface area contributed by atoms with Crippen LogP contribution in [0.4, 0.5) is 0 Å². The molecule has 0 aliphatic heterocycles. The van der Waals surface area contributed by atoms with E-state index < -0.39 is 15.9 Å². The van der Waals surface area contributed by atoms with E-state index >= 15 is 0 Å². The summed E-state index contributed by atoms with van der Waals surface area (Å²) in [5.41, 5.74) is 3.63. The Balaban J connectivity index is 1.83. The van der Waals surface area contributed by atoms with Crippen molar-refractivity contribution in [2.24, 2.45) is 7.05 Å². The monoisotopic (exact) mass is 354 g/mol. The van der Waals surface area contributed by atoms with Gasteiger partial charge >= 0.3 is 0 Å². The lowest BCUT2D eigenvalue weighted by Crippen LogP contribution is -2.41. The summed E-state index contributed by atoms with van der Waals surface area (Å²) in [5.74, 6) is -0.572. The number of nitrogens with zero attached hydrogens (tertiary/aromatic N) is 2. The van der Waals surface area contributed by atoms with Crippen molar-refractivity contribution in [2.75, 3.05) is 0 Å². The Hall–Kier alpha value is -3.15. The average Bonchev–Trinajstić information content (AvgIpc) is 2.97. The number of nitriles is 1. The molecular weight excluding hydrogens is 340 g/mol. The Labute approximate surface area is 144 Å². The normalized spacial score (nSPS) is 11.2. The van der Waals surface area contributed by atoms with Crippen LogP contribution in [-0.2, 0) is 17.1 Å². The number of carbonyl (C=O) groups is 1. The molecule has 1 aromatic heterocycles. The molecule has 0 unspecified atom stereocenters. The Kier molecular flexibility index (Phi) is 4.27. The second-order valence-electron chi connectivity index (χ2n) is 5.37. The van der Waals surface area contributed by atoms with E-state index in [4.69, 9.17) is 5.26 Å². The van der Waals surface area contributed by atoms with E-state index in [1.165, 1.54) is 24.3 Å². The van der Waals surface area contributed by atoms with Crippen molar-refractivity contribution in [2.45, 2.75) is 4.90 Å². The van der Waals surface area contributed by atoms with Gasteiger partial charge in [0.25, 0.3) is 15.9 Å². The summed E-state index contributed by atoms with van der Waals surface area (Å²) in [6.45, 7) is 0. The highest BCUT2D eigenvalue weighted by molar-refractivity contribution is 7.89. The number of benzene rings is 2. The number of rotatable bonds is 4. The average molecular weight is 354 g/mol. The van der Waals surface area contributed by atoms with Gasteiger partial charge in [0, 0.05) is 24.1 Å². The van der Waals surface area contributed by atoms with Gasteiger partial charge in [-0.3, -0.25) is 10.2 Å². The molecule has 8 heteroatoms. The summed E-state index contributed by atoms with van der Waals surface area (Å²) in [7, 11) is -2.18. The van der Waals surface area contributed by atoms with E-state index in [0.29, 0.717) is 10.9 Å². The van der Waals surface area contributed by atoms with Crippen LogP contribution in [0.15, 0.2) is 59.6 Å². The lowest BCUT2D eigenvalue weighted by molar-refractivity contribution is 0.0946. The molecule has 0 aliphatic rings. The molecule has 0 spiro atoms. The van der Waals surface area contributed by atoms with Crippen LogP contribution in [0, 0.1) is 11.3 Å². The predicted molar refractivity (Wildman–Crippen MR) is 91.9 cm³/mol. The molecule has 3 rings (SSSR count). The number of fused-ring (bicyclic) bond motifs is 1. The van der Waals surface area contributed by atoms with Gasteiger partial charge in [0.05, 0.1) is 22.1 Å². The Morgan fingerprint density at radius 1 is 1.16 bits per heavy atom. The Morgan fingerprint density at radius 2 is 1.92 bits per heavy atom. The van der Waals surface area contributed by atoms with E-state index in [1.54, 1.807) is 29.9 Å². The summed E-state index contributed by atoms with van der Waals surface area (Å²) in [4.78, 5) is 14.3. The van der Waals surface area contributed by atoms with E-state index in [2.05, 4.69) is 10.3 Å². The van der Waals surface area contributed by atoms with Gasteiger partial charge in [-0.15, -0.1) is 4.83 Å². The standard InChI is InChI=1S/C17H14N4O3S/c1-21-11-15(14-7-2-3-8-16(14)21)17(22)19-20-25(23,24)13-6-4-5-12(9-13)10-18/h2-9,11,20H,1H3,(H,19,22). The van der Waals surface area contributed by atoms with Crippen LogP contribution in [0.2, 0.25) is 0 Å². The molecule has 0 saturated carbocycles. The number of para-hydroxylation sites is 1. The molecule has 1 heterocycles. The number of hydrogen-bond donors (Lipinski definition) is 2. The molecular formula is C17H14N4O3S. The van der Waals surface area contributed by atoms with Crippen molar-refractivity contribution in [1.82, 2.24) is 14.8 Å². The highest BCUT2D eigenvalue weighted by Crippen LogP contribution is 2.20. The van der Waals surface area contributed by atoms with Crippen LogP contribution in [0.5, 0.6) is 0 Å². The maximum atomic E-state index is 12.4. The maximum Gasteiger partial charge on any atom is 0.268 e. The molecule has 7 nitrogen and oxygen atoms in total. The van der Waals surface area contributed by atoms with Crippen molar-refractivity contribution in [1.29, 1.82) is 5.26 Å². The lowest BCUT2D eigenvalue weighted by atomic mass is 10.2. The molecule has 0 fully saturated rings. The van der Waals surface area contributed by atoms with Gasteiger partial charge in [-0.1, -0.05) is 24.3 Å². The van der Waals surface area contributed by atoms with E-state index in [0.717, 1.165) is 5.52 Å². The molecule has 3 aromatic rings. The second kappa shape index (κ2) is 6.39. The summed E-state index contributed by atoms with van der Waals surface area (Å²) in [6, 6.07) is 14.7. The summed E-state index contributed by atoms with van der Waals surface area (Å²) in [6.07, 6.45) is 1.63. The molecule has 0 atom stereocenters. The van der Waals surface area contributed by atoms with Crippen LogP contribution in [0.3, 0.4) is 0 Å². The van der Waals surface area contributed by atoms with Crippen molar-refractivity contribution >= 4 is 26.8 Å². The first kappa shape index (κ1) is 16.7. The number of sulfonamides is 1. The smallest absolute Gasteiger partial charge is 0.268 e. The number of hydrazine groups is 1. The summed E-state index contributed by atoms with van der Waals surface area (Å²) < 4.78 is 26.3. The number of nitrogens with one attached hydrogen (secondary N) is 2. The van der Waals surface area contributed by atoms with Crippen molar-refractivity contribution in [3.05, 3.63) is 65.9 Å². The van der Waals surface area contributed by atoms with E-state index in [9.17, 15) is 13.2 Å². The van der Waals surface area contributed by atoms with Crippen LogP contribution >= 0.6 is 0 Å². The minimum absolute atomic E-state index is 0.107. The summed E-state index contributed by atoms with van der Waals surface area (Å²) in [5, 5.41) is 9.58. The molecule has 0 aliphatic carbocycles. The molecule has 0 radical (unpaired) electrons. The van der Waals surface area contributed by atoms with Crippen LogP contribution in [0.25, 0.3) is 10.9 Å². The van der Waals surface area contributed by atoms with Gasteiger partial charge in [-0.2, -0.15) is 5.26 Å². The lowest BCUT2D eigenvalue weighted by Gasteiger charge is -2.08. The number of amides is 1. The minimum Gasteiger partial charge on any atom is -0.350 e. The van der Waals surface area contributed by atoms with Gasteiger partial charge in [-0.25, -0.2) is 8.42 Å². The summed E-state index contributed by atoms with van der Waals surface area (Å²) >= 11 is 0. The van der Waals surface area contributed by atoms with Crippen LogP contribution in [0.1, 0.15) is 15.9 Å².